The number of hydrogen-bond acceptors (Lipinski definition) is 6. The van der Waals surface area contributed by atoms with Crippen molar-refractivity contribution in [2.24, 2.45) is 0 Å². The first-order valence-corrected chi connectivity index (χ1v) is 7.91. The molecule has 1 aromatic heterocycles. The molecule has 1 heterocycles. The fraction of sp³-hybridized carbons (Fsp3) is 0.150. The Morgan fingerprint density at radius 1 is 1.04 bits per heavy atom. The summed E-state index contributed by atoms with van der Waals surface area (Å²) in [6.07, 6.45) is -1.03. The Morgan fingerprint density at radius 3 is 2.42 bits per heavy atom. The van der Waals surface area contributed by atoms with Gasteiger partial charge in [-0.05, 0) is 43.3 Å². The van der Waals surface area contributed by atoms with Gasteiger partial charge in [0.15, 0.2) is 11.5 Å². The van der Waals surface area contributed by atoms with Crippen LogP contribution in [0.25, 0.3) is 11.0 Å². The van der Waals surface area contributed by atoms with E-state index < -0.39 is 12.1 Å². The van der Waals surface area contributed by atoms with E-state index >= 15 is 0 Å². The van der Waals surface area contributed by atoms with Crippen molar-refractivity contribution in [3.05, 3.63) is 76.1 Å². The highest BCUT2D eigenvalue weighted by Crippen LogP contribution is 2.16. The number of ether oxygens (including phenoxy) is 2. The zero-order valence-corrected chi connectivity index (χ0v) is 14.2. The van der Waals surface area contributed by atoms with Gasteiger partial charge >= 0.3 is 5.97 Å². The van der Waals surface area contributed by atoms with Crippen molar-refractivity contribution in [3.8, 4) is 5.75 Å². The van der Waals surface area contributed by atoms with E-state index in [0.717, 1.165) is 6.07 Å². The number of ketones is 1. The molecule has 6 nitrogen and oxygen atoms in total. The first-order valence-electron chi connectivity index (χ1n) is 7.91. The van der Waals surface area contributed by atoms with E-state index in [1.54, 1.807) is 48.5 Å². The average molecular weight is 352 g/mol. The second-order valence-corrected chi connectivity index (χ2v) is 5.61. The largest absolute Gasteiger partial charge is 0.497 e. The van der Waals surface area contributed by atoms with Crippen molar-refractivity contribution in [1.82, 2.24) is 0 Å². The molecule has 26 heavy (non-hydrogen) atoms. The minimum atomic E-state index is -1.03. The highest BCUT2D eigenvalue weighted by Gasteiger charge is 2.22. The molecule has 0 radical (unpaired) electrons. The molecule has 0 N–H and O–H groups in total. The molecule has 3 aromatic rings. The summed E-state index contributed by atoms with van der Waals surface area (Å²) in [5, 5.41) is 0.367. The average Bonchev–Trinajstić information content (AvgIpc) is 2.67. The Kier molecular flexibility index (Phi) is 4.84. The highest BCUT2D eigenvalue weighted by atomic mass is 16.6. The molecule has 0 saturated carbocycles. The summed E-state index contributed by atoms with van der Waals surface area (Å²) >= 11 is 0. The fourth-order valence-electron chi connectivity index (χ4n) is 2.47. The zero-order valence-electron chi connectivity index (χ0n) is 14.2. The number of methoxy groups -OCH3 is 1. The van der Waals surface area contributed by atoms with E-state index in [1.165, 1.54) is 14.0 Å². The summed E-state index contributed by atoms with van der Waals surface area (Å²) < 4.78 is 15.6. The monoisotopic (exact) mass is 352 g/mol. The molecule has 0 amide bonds. The summed E-state index contributed by atoms with van der Waals surface area (Å²) in [6, 6.07) is 14.1. The molecule has 3 rings (SSSR count). The topological polar surface area (TPSA) is 82.8 Å². The number of benzene rings is 2. The third kappa shape index (κ3) is 3.49. The SMILES string of the molecule is COc1ccc(C(=O)[C@@H](C)OC(=O)c2cc(=O)c3ccccc3o2)cc1. The smallest absolute Gasteiger partial charge is 0.375 e. The third-order valence-corrected chi connectivity index (χ3v) is 3.86. The number of Topliss-reactive ketones (excluding diaryl/α,β-unsaturated/α-hetero) is 1. The van der Waals surface area contributed by atoms with Gasteiger partial charge in [0.1, 0.15) is 11.3 Å². The van der Waals surface area contributed by atoms with Gasteiger partial charge in [-0.25, -0.2) is 4.79 Å². The predicted molar refractivity (Wildman–Crippen MR) is 94.7 cm³/mol. The summed E-state index contributed by atoms with van der Waals surface area (Å²) in [7, 11) is 1.53. The quantitative estimate of drug-likeness (QED) is 0.518. The number of rotatable bonds is 5. The van der Waals surface area contributed by atoms with Crippen LogP contribution in [0.4, 0.5) is 0 Å². The zero-order chi connectivity index (χ0) is 18.7. The van der Waals surface area contributed by atoms with Crippen LogP contribution in [0.1, 0.15) is 27.8 Å². The molecule has 0 spiro atoms. The van der Waals surface area contributed by atoms with Crippen molar-refractivity contribution in [3.63, 3.8) is 0 Å². The first-order chi connectivity index (χ1) is 12.5. The molecule has 0 saturated heterocycles. The second kappa shape index (κ2) is 7.23. The minimum Gasteiger partial charge on any atom is -0.497 e. The molecule has 2 aromatic carbocycles. The highest BCUT2D eigenvalue weighted by molar-refractivity contribution is 6.01. The number of hydrogen-bond donors (Lipinski definition) is 0. The Labute approximate surface area is 149 Å². The van der Waals surface area contributed by atoms with Crippen molar-refractivity contribution >= 4 is 22.7 Å². The minimum absolute atomic E-state index is 0.247. The fourth-order valence-corrected chi connectivity index (χ4v) is 2.47. The molecule has 0 aliphatic carbocycles. The van der Waals surface area contributed by atoms with Gasteiger partial charge < -0.3 is 13.9 Å². The van der Waals surface area contributed by atoms with Crippen LogP contribution in [0, 0.1) is 0 Å². The summed E-state index contributed by atoms with van der Waals surface area (Å²) in [6.45, 7) is 1.46. The molecule has 132 valence electrons. The van der Waals surface area contributed by atoms with Gasteiger partial charge in [0.25, 0.3) is 0 Å². The van der Waals surface area contributed by atoms with Gasteiger partial charge in [-0.15, -0.1) is 0 Å². The lowest BCUT2D eigenvalue weighted by molar-refractivity contribution is 0.0289. The molecular formula is C20H16O6. The van der Waals surface area contributed by atoms with Gasteiger partial charge in [0, 0.05) is 11.6 Å². The van der Waals surface area contributed by atoms with Crippen LogP contribution < -0.4 is 10.2 Å². The normalized spacial score (nSPS) is 11.8. The standard InChI is InChI=1S/C20H16O6/c1-12(19(22)13-7-9-14(24-2)10-8-13)25-20(23)18-11-16(21)15-5-3-4-6-17(15)26-18/h3-12H,1-2H3/t12-/m1/s1. The number of esters is 1. The van der Waals surface area contributed by atoms with E-state index in [4.69, 9.17) is 13.9 Å². The number of fused-ring (bicyclic) bond motifs is 1. The van der Waals surface area contributed by atoms with E-state index in [9.17, 15) is 14.4 Å². The Balaban J connectivity index is 1.78. The van der Waals surface area contributed by atoms with Crippen LogP contribution in [0.5, 0.6) is 5.75 Å². The summed E-state index contributed by atoms with van der Waals surface area (Å²) in [5.74, 6) is -0.876. The van der Waals surface area contributed by atoms with Crippen LogP contribution in [0.3, 0.4) is 0 Å². The maximum atomic E-state index is 12.4. The third-order valence-electron chi connectivity index (χ3n) is 3.86. The van der Waals surface area contributed by atoms with E-state index in [1.807, 2.05) is 0 Å². The van der Waals surface area contributed by atoms with E-state index in [-0.39, 0.29) is 22.6 Å². The van der Waals surface area contributed by atoms with Crippen LogP contribution in [0.15, 0.2) is 63.8 Å². The van der Waals surface area contributed by atoms with Crippen molar-refractivity contribution in [1.29, 1.82) is 0 Å². The van der Waals surface area contributed by atoms with Gasteiger partial charge in [0.05, 0.1) is 12.5 Å². The van der Waals surface area contributed by atoms with Crippen LogP contribution >= 0.6 is 0 Å². The van der Waals surface area contributed by atoms with Crippen molar-refractivity contribution in [2.75, 3.05) is 7.11 Å². The Morgan fingerprint density at radius 2 is 1.73 bits per heavy atom. The molecule has 1 atom stereocenters. The van der Waals surface area contributed by atoms with E-state index in [2.05, 4.69) is 0 Å². The van der Waals surface area contributed by atoms with Crippen LogP contribution in [-0.2, 0) is 4.74 Å². The van der Waals surface area contributed by atoms with Crippen molar-refractivity contribution < 1.29 is 23.5 Å². The van der Waals surface area contributed by atoms with Gasteiger partial charge in [0.2, 0.25) is 11.5 Å². The second-order valence-electron chi connectivity index (χ2n) is 5.61. The number of carbonyl (C=O) groups excluding carboxylic acids is 2. The van der Waals surface area contributed by atoms with Gasteiger partial charge in [-0.2, -0.15) is 0 Å². The maximum absolute atomic E-state index is 12.4. The Bertz CT molecular complexity index is 1020. The molecule has 0 fully saturated rings. The lowest BCUT2D eigenvalue weighted by Crippen LogP contribution is -2.25. The molecule has 0 unspecified atom stereocenters. The lowest BCUT2D eigenvalue weighted by Gasteiger charge is -2.12. The van der Waals surface area contributed by atoms with Crippen LogP contribution in [0.2, 0.25) is 0 Å². The Hall–Kier alpha value is -3.41. The predicted octanol–water partition coefficient (Wildman–Crippen LogP) is 3.23. The number of carbonyl (C=O) groups is 2. The molecule has 0 bridgehead atoms. The molecule has 6 heteroatoms. The van der Waals surface area contributed by atoms with Gasteiger partial charge in [-0.3, -0.25) is 9.59 Å². The van der Waals surface area contributed by atoms with Gasteiger partial charge in [-0.1, -0.05) is 12.1 Å². The molecular weight excluding hydrogens is 336 g/mol. The summed E-state index contributed by atoms with van der Waals surface area (Å²) in [5.41, 5.74) is 0.306. The molecule has 0 aliphatic heterocycles. The van der Waals surface area contributed by atoms with Crippen LogP contribution in [-0.4, -0.2) is 25.0 Å². The maximum Gasteiger partial charge on any atom is 0.375 e. The van der Waals surface area contributed by atoms with E-state index in [0.29, 0.717) is 16.7 Å². The van der Waals surface area contributed by atoms with Crippen molar-refractivity contribution in [2.45, 2.75) is 13.0 Å². The molecule has 0 aliphatic rings. The summed E-state index contributed by atoms with van der Waals surface area (Å²) in [4.78, 5) is 36.7. The lowest BCUT2D eigenvalue weighted by atomic mass is 10.1. The first kappa shape index (κ1) is 17.4. The number of para-hydroxylation sites is 1.